The van der Waals surface area contributed by atoms with Gasteiger partial charge in [0.1, 0.15) is 6.04 Å². The van der Waals surface area contributed by atoms with Crippen molar-refractivity contribution in [2.45, 2.75) is 45.3 Å². The van der Waals surface area contributed by atoms with Crippen molar-refractivity contribution in [3.05, 3.63) is 107 Å². The minimum absolute atomic E-state index is 0.00246. The van der Waals surface area contributed by atoms with Gasteiger partial charge in [0.25, 0.3) is 0 Å². The number of hydrogen-bond donors (Lipinski definition) is 0. The van der Waals surface area contributed by atoms with Crippen LogP contribution in [0.3, 0.4) is 0 Å². The van der Waals surface area contributed by atoms with Crippen molar-refractivity contribution < 1.29 is 9.53 Å². The highest BCUT2D eigenvalue weighted by Crippen LogP contribution is 2.30. The van der Waals surface area contributed by atoms with Crippen molar-refractivity contribution in [1.82, 2.24) is 4.90 Å². The Hall–Kier alpha value is -3.42. The van der Waals surface area contributed by atoms with Gasteiger partial charge < -0.3 is 4.74 Å². The van der Waals surface area contributed by atoms with Gasteiger partial charge in [-0.1, -0.05) is 79.7 Å². The van der Waals surface area contributed by atoms with Crippen LogP contribution in [0.4, 0.5) is 0 Å². The van der Waals surface area contributed by atoms with Crippen molar-refractivity contribution in [1.29, 1.82) is 5.26 Å². The molecule has 3 aromatic carbocycles. The summed E-state index contributed by atoms with van der Waals surface area (Å²) in [6.45, 7) is 5.50. The third kappa shape index (κ3) is 6.06. The van der Waals surface area contributed by atoms with Crippen LogP contribution in [0.1, 0.15) is 48.4 Å². The molecule has 3 aromatic rings. The van der Waals surface area contributed by atoms with Gasteiger partial charge in [-0.3, -0.25) is 9.69 Å². The number of benzene rings is 3. The molecular formula is C28H30N2O2. The quantitative estimate of drug-likeness (QED) is 0.391. The number of nitrogens with zero attached hydrogens (tertiary/aromatic N) is 2. The van der Waals surface area contributed by atoms with Gasteiger partial charge in [-0.15, -0.1) is 0 Å². The average Bonchev–Trinajstić information content (AvgIpc) is 2.84. The second kappa shape index (κ2) is 11.8. The van der Waals surface area contributed by atoms with Crippen LogP contribution in [0.15, 0.2) is 84.9 Å². The SMILES string of the molecule is CCOC(=O)[C@H]([C@@H](CC)c1ccccc1)N(Cc1ccccc1)Cc1ccc(C#N)cc1. The topological polar surface area (TPSA) is 53.3 Å². The molecule has 0 aliphatic rings. The molecule has 0 saturated heterocycles. The Morgan fingerprint density at radius 1 is 0.875 bits per heavy atom. The first-order chi connectivity index (χ1) is 15.7. The van der Waals surface area contributed by atoms with Crippen molar-refractivity contribution in [3.8, 4) is 6.07 Å². The van der Waals surface area contributed by atoms with Crippen molar-refractivity contribution in [2.24, 2.45) is 0 Å². The van der Waals surface area contributed by atoms with E-state index in [4.69, 9.17) is 10.00 Å². The third-order valence-electron chi connectivity index (χ3n) is 5.67. The number of hydrogen-bond acceptors (Lipinski definition) is 4. The van der Waals surface area contributed by atoms with Crippen LogP contribution in [0.25, 0.3) is 0 Å². The molecule has 0 amide bonds. The predicted octanol–water partition coefficient (Wildman–Crippen LogP) is 5.69. The molecule has 0 bridgehead atoms. The van der Waals surface area contributed by atoms with Crippen molar-refractivity contribution in [2.75, 3.05) is 6.61 Å². The van der Waals surface area contributed by atoms with Crippen molar-refractivity contribution >= 4 is 5.97 Å². The number of carbonyl (C=O) groups is 1. The van der Waals surface area contributed by atoms with Gasteiger partial charge in [-0.2, -0.15) is 5.26 Å². The maximum Gasteiger partial charge on any atom is 0.324 e. The van der Waals surface area contributed by atoms with E-state index in [2.05, 4.69) is 42.2 Å². The van der Waals surface area contributed by atoms with Gasteiger partial charge in [0.2, 0.25) is 0 Å². The molecule has 0 heterocycles. The zero-order valence-electron chi connectivity index (χ0n) is 18.8. The van der Waals surface area contributed by atoms with E-state index < -0.39 is 6.04 Å². The van der Waals surface area contributed by atoms with Crippen LogP contribution in [-0.2, 0) is 22.6 Å². The molecule has 4 heteroatoms. The number of ether oxygens (including phenoxy) is 1. The highest BCUT2D eigenvalue weighted by atomic mass is 16.5. The van der Waals surface area contributed by atoms with Crippen LogP contribution in [-0.4, -0.2) is 23.5 Å². The molecule has 4 nitrogen and oxygen atoms in total. The first-order valence-corrected chi connectivity index (χ1v) is 11.1. The third-order valence-corrected chi connectivity index (χ3v) is 5.67. The molecule has 2 atom stereocenters. The molecule has 0 saturated carbocycles. The van der Waals surface area contributed by atoms with E-state index >= 15 is 0 Å². The standard InChI is InChI=1S/C28H30N2O2/c1-3-26(25-13-9-6-10-14-25)27(28(31)32-4-2)30(20-23-11-7-5-8-12-23)21-24-17-15-22(19-29)16-18-24/h5-18,26-27H,3-4,20-21H2,1-2H3/t26-,27-/m0/s1. The van der Waals surface area contributed by atoms with Gasteiger partial charge in [0.15, 0.2) is 0 Å². The Kier molecular flexibility index (Phi) is 8.60. The summed E-state index contributed by atoms with van der Waals surface area (Å²) < 4.78 is 5.58. The van der Waals surface area contributed by atoms with E-state index in [1.54, 1.807) is 0 Å². The number of nitriles is 1. The van der Waals surface area contributed by atoms with Gasteiger partial charge in [-0.25, -0.2) is 0 Å². The number of rotatable bonds is 10. The second-order valence-corrected chi connectivity index (χ2v) is 7.82. The van der Waals surface area contributed by atoms with Gasteiger partial charge in [0, 0.05) is 19.0 Å². The van der Waals surface area contributed by atoms with E-state index in [1.165, 1.54) is 0 Å². The first kappa shape index (κ1) is 23.2. The fraction of sp³-hybridized carbons (Fsp3) is 0.286. The fourth-order valence-corrected chi connectivity index (χ4v) is 4.13. The summed E-state index contributed by atoms with van der Waals surface area (Å²) in [6.07, 6.45) is 0.812. The molecule has 0 unspecified atom stereocenters. The zero-order chi connectivity index (χ0) is 22.8. The van der Waals surface area contributed by atoms with E-state index in [0.29, 0.717) is 25.3 Å². The molecular weight excluding hydrogens is 396 g/mol. The fourth-order valence-electron chi connectivity index (χ4n) is 4.13. The molecule has 0 radical (unpaired) electrons. The smallest absolute Gasteiger partial charge is 0.324 e. The molecule has 0 aliphatic heterocycles. The van der Waals surface area contributed by atoms with E-state index in [-0.39, 0.29) is 11.9 Å². The Labute approximate surface area is 191 Å². The van der Waals surface area contributed by atoms with Gasteiger partial charge in [-0.05, 0) is 42.2 Å². The summed E-state index contributed by atoms with van der Waals surface area (Å²) in [4.78, 5) is 15.5. The summed E-state index contributed by atoms with van der Waals surface area (Å²) in [5.41, 5.74) is 3.95. The van der Waals surface area contributed by atoms with Crippen LogP contribution < -0.4 is 0 Å². The lowest BCUT2D eigenvalue weighted by Crippen LogP contribution is -2.45. The predicted molar refractivity (Wildman–Crippen MR) is 127 cm³/mol. The Bertz CT molecular complexity index is 1010. The van der Waals surface area contributed by atoms with Crippen LogP contribution >= 0.6 is 0 Å². The Morgan fingerprint density at radius 3 is 1.97 bits per heavy atom. The lowest BCUT2D eigenvalue weighted by atomic mass is 9.87. The van der Waals surface area contributed by atoms with Crippen molar-refractivity contribution in [3.63, 3.8) is 0 Å². The highest BCUT2D eigenvalue weighted by Gasteiger charge is 2.35. The first-order valence-electron chi connectivity index (χ1n) is 11.1. The van der Waals surface area contributed by atoms with Crippen LogP contribution in [0, 0.1) is 11.3 Å². The molecule has 32 heavy (non-hydrogen) atoms. The molecule has 0 spiro atoms. The largest absolute Gasteiger partial charge is 0.465 e. The maximum absolute atomic E-state index is 13.3. The lowest BCUT2D eigenvalue weighted by molar-refractivity contribution is -0.151. The average molecular weight is 427 g/mol. The molecule has 0 aromatic heterocycles. The van der Waals surface area contributed by atoms with Crippen LogP contribution in [0.2, 0.25) is 0 Å². The molecule has 0 aliphatic carbocycles. The maximum atomic E-state index is 13.3. The van der Waals surface area contributed by atoms with E-state index in [1.807, 2.05) is 67.6 Å². The monoisotopic (exact) mass is 426 g/mol. The Balaban J connectivity index is 2.02. The molecule has 0 N–H and O–H groups in total. The number of esters is 1. The normalized spacial score (nSPS) is 12.7. The zero-order valence-corrected chi connectivity index (χ0v) is 18.8. The minimum Gasteiger partial charge on any atom is -0.465 e. The summed E-state index contributed by atoms with van der Waals surface area (Å²) in [7, 11) is 0. The lowest BCUT2D eigenvalue weighted by Gasteiger charge is -2.35. The summed E-state index contributed by atoms with van der Waals surface area (Å²) >= 11 is 0. The summed E-state index contributed by atoms with van der Waals surface area (Å²) in [5.74, 6) is -0.204. The molecule has 0 fully saturated rings. The summed E-state index contributed by atoms with van der Waals surface area (Å²) in [6, 6.07) is 29.7. The van der Waals surface area contributed by atoms with Gasteiger partial charge >= 0.3 is 5.97 Å². The minimum atomic E-state index is -0.432. The van der Waals surface area contributed by atoms with E-state index in [9.17, 15) is 4.79 Å². The summed E-state index contributed by atoms with van der Waals surface area (Å²) in [5, 5.41) is 9.13. The number of carbonyl (C=O) groups excluding carboxylic acids is 1. The molecule has 3 rings (SSSR count). The second-order valence-electron chi connectivity index (χ2n) is 7.82. The van der Waals surface area contributed by atoms with Crippen LogP contribution in [0.5, 0.6) is 0 Å². The Morgan fingerprint density at radius 2 is 1.44 bits per heavy atom. The molecule has 164 valence electrons. The van der Waals surface area contributed by atoms with Gasteiger partial charge in [0.05, 0.1) is 18.2 Å². The highest BCUT2D eigenvalue weighted by molar-refractivity contribution is 5.77. The van der Waals surface area contributed by atoms with E-state index in [0.717, 1.165) is 23.1 Å².